The van der Waals surface area contributed by atoms with Crippen molar-refractivity contribution in [1.29, 1.82) is 0 Å². The van der Waals surface area contributed by atoms with Crippen LogP contribution >= 0.6 is 0 Å². The second-order valence-electron chi connectivity index (χ2n) is 6.94. The van der Waals surface area contributed by atoms with Crippen LogP contribution in [0.3, 0.4) is 0 Å². The molecule has 26 heavy (non-hydrogen) atoms. The van der Waals surface area contributed by atoms with Crippen LogP contribution in [0.1, 0.15) is 41.3 Å². The number of nitrogens with one attached hydrogen (secondary N) is 1. The van der Waals surface area contributed by atoms with Crippen LogP contribution in [0.25, 0.3) is 0 Å². The first kappa shape index (κ1) is 18.2. The quantitative estimate of drug-likeness (QED) is 0.904. The van der Waals surface area contributed by atoms with Gasteiger partial charge in [-0.15, -0.1) is 0 Å². The summed E-state index contributed by atoms with van der Waals surface area (Å²) in [5.74, 6) is 0.0823. The van der Waals surface area contributed by atoms with E-state index >= 15 is 0 Å². The molecule has 4 heteroatoms. The molecule has 1 saturated heterocycles. The minimum absolute atomic E-state index is 0.0403. The highest BCUT2D eigenvalue weighted by atomic mass is 16.2. The van der Waals surface area contributed by atoms with E-state index in [1.165, 1.54) is 0 Å². The minimum Gasteiger partial charge on any atom is -0.339 e. The van der Waals surface area contributed by atoms with Crippen LogP contribution in [0.15, 0.2) is 48.5 Å². The Morgan fingerprint density at radius 1 is 1.08 bits per heavy atom. The fraction of sp³-hybridized carbons (Fsp3) is 0.364. The van der Waals surface area contributed by atoms with Crippen LogP contribution in [0.5, 0.6) is 0 Å². The van der Waals surface area contributed by atoms with E-state index in [0.717, 1.165) is 28.8 Å². The summed E-state index contributed by atoms with van der Waals surface area (Å²) in [5.41, 5.74) is 3.86. The van der Waals surface area contributed by atoms with Crippen molar-refractivity contribution in [1.82, 2.24) is 4.90 Å². The summed E-state index contributed by atoms with van der Waals surface area (Å²) in [6, 6.07) is 15.6. The third-order valence-corrected chi connectivity index (χ3v) is 5.07. The maximum atomic E-state index is 12.6. The molecule has 1 fully saturated rings. The van der Waals surface area contributed by atoms with Crippen molar-refractivity contribution in [2.75, 3.05) is 18.4 Å². The number of carbonyl (C=O) groups is 2. The van der Waals surface area contributed by atoms with Crippen molar-refractivity contribution >= 4 is 17.5 Å². The molecule has 2 aromatic carbocycles. The van der Waals surface area contributed by atoms with E-state index in [1.54, 1.807) is 0 Å². The SMILES string of the molecule is CCc1ccccc1NC(=O)C1CCN(C(=O)c2cccc(C)c2)CC1. The third-order valence-electron chi connectivity index (χ3n) is 5.07. The van der Waals surface area contributed by atoms with Gasteiger partial charge in [-0.3, -0.25) is 9.59 Å². The zero-order valence-electron chi connectivity index (χ0n) is 15.5. The Labute approximate surface area is 155 Å². The fourth-order valence-electron chi connectivity index (χ4n) is 3.49. The molecular weight excluding hydrogens is 324 g/mol. The highest BCUT2D eigenvalue weighted by Gasteiger charge is 2.28. The normalized spacial score (nSPS) is 14.9. The van der Waals surface area contributed by atoms with E-state index in [0.29, 0.717) is 25.9 Å². The smallest absolute Gasteiger partial charge is 0.253 e. The lowest BCUT2D eigenvalue weighted by molar-refractivity contribution is -0.121. The highest BCUT2D eigenvalue weighted by Crippen LogP contribution is 2.23. The average molecular weight is 350 g/mol. The van der Waals surface area contributed by atoms with Gasteiger partial charge in [0, 0.05) is 30.3 Å². The Bertz CT molecular complexity index is 792. The van der Waals surface area contributed by atoms with Crippen LogP contribution in [0, 0.1) is 12.8 Å². The summed E-state index contributed by atoms with van der Waals surface area (Å²) in [6.45, 7) is 5.32. The molecule has 0 spiro atoms. The summed E-state index contributed by atoms with van der Waals surface area (Å²) in [6.07, 6.45) is 2.30. The molecule has 0 radical (unpaired) electrons. The van der Waals surface area contributed by atoms with Gasteiger partial charge in [-0.05, 0) is 49.9 Å². The maximum absolute atomic E-state index is 12.6. The van der Waals surface area contributed by atoms with Crippen molar-refractivity contribution in [3.05, 3.63) is 65.2 Å². The van der Waals surface area contributed by atoms with Gasteiger partial charge >= 0.3 is 0 Å². The molecule has 4 nitrogen and oxygen atoms in total. The molecule has 1 heterocycles. The Morgan fingerprint density at radius 3 is 2.50 bits per heavy atom. The molecule has 1 aliphatic rings. The standard InChI is InChI=1S/C22H26N2O2/c1-3-17-8-4-5-10-20(17)23-21(25)18-11-13-24(14-12-18)22(26)19-9-6-7-16(2)15-19/h4-10,15,18H,3,11-14H2,1-2H3,(H,23,25). The first-order chi connectivity index (χ1) is 12.6. The molecule has 1 aliphatic heterocycles. The topological polar surface area (TPSA) is 49.4 Å². The molecule has 136 valence electrons. The van der Waals surface area contributed by atoms with Crippen LogP contribution in [0.2, 0.25) is 0 Å². The number of nitrogens with zero attached hydrogens (tertiary/aromatic N) is 1. The van der Waals surface area contributed by atoms with E-state index in [2.05, 4.69) is 12.2 Å². The zero-order chi connectivity index (χ0) is 18.5. The zero-order valence-corrected chi connectivity index (χ0v) is 15.5. The van der Waals surface area contributed by atoms with Crippen molar-refractivity contribution < 1.29 is 9.59 Å². The van der Waals surface area contributed by atoms with Gasteiger partial charge in [0.1, 0.15) is 0 Å². The molecular formula is C22H26N2O2. The summed E-state index contributed by atoms with van der Waals surface area (Å²) in [4.78, 5) is 27.1. The lowest BCUT2D eigenvalue weighted by Crippen LogP contribution is -2.41. The number of carbonyl (C=O) groups excluding carboxylic acids is 2. The van der Waals surface area contributed by atoms with E-state index in [-0.39, 0.29) is 17.7 Å². The molecule has 0 atom stereocenters. The second kappa shape index (κ2) is 8.17. The number of rotatable bonds is 4. The fourth-order valence-corrected chi connectivity index (χ4v) is 3.49. The molecule has 0 unspecified atom stereocenters. The van der Waals surface area contributed by atoms with E-state index < -0.39 is 0 Å². The lowest BCUT2D eigenvalue weighted by atomic mass is 9.95. The molecule has 0 bridgehead atoms. The largest absolute Gasteiger partial charge is 0.339 e. The average Bonchev–Trinajstić information content (AvgIpc) is 2.68. The van der Waals surface area contributed by atoms with Crippen LogP contribution in [-0.2, 0) is 11.2 Å². The maximum Gasteiger partial charge on any atom is 0.253 e. The molecule has 2 amide bonds. The second-order valence-corrected chi connectivity index (χ2v) is 6.94. The highest BCUT2D eigenvalue weighted by molar-refractivity contribution is 5.95. The van der Waals surface area contributed by atoms with Crippen LogP contribution in [-0.4, -0.2) is 29.8 Å². The van der Waals surface area contributed by atoms with E-state index in [9.17, 15) is 9.59 Å². The summed E-state index contributed by atoms with van der Waals surface area (Å²) >= 11 is 0. The van der Waals surface area contributed by atoms with Gasteiger partial charge in [0.25, 0.3) is 5.91 Å². The first-order valence-corrected chi connectivity index (χ1v) is 9.33. The lowest BCUT2D eigenvalue weighted by Gasteiger charge is -2.31. The van der Waals surface area contributed by atoms with E-state index in [1.807, 2.05) is 60.4 Å². The Hall–Kier alpha value is -2.62. The molecule has 0 saturated carbocycles. The van der Waals surface area contributed by atoms with Crippen molar-refractivity contribution in [3.8, 4) is 0 Å². The van der Waals surface area contributed by atoms with Gasteiger partial charge in [-0.25, -0.2) is 0 Å². The number of para-hydroxylation sites is 1. The van der Waals surface area contributed by atoms with Gasteiger partial charge in [-0.1, -0.05) is 42.8 Å². The van der Waals surface area contributed by atoms with Crippen molar-refractivity contribution in [2.24, 2.45) is 5.92 Å². The van der Waals surface area contributed by atoms with Crippen LogP contribution < -0.4 is 5.32 Å². The molecule has 0 aromatic heterocycles. The third kappa shape index (κ3) is 4.13. The van der Waals surface area contributed by atoms with Gasteiger partial charge in [0.15, 0.2) is 0 Å². The first-order valence-electron chi connectivity index (χ1n) is 9.33. The minimum atomic E-state index is -0.0403. The number of amides is 2. The van der Waals surface area contributed by atoms with Crippen molar-refractivity contribution in [3.63, 3.8) is 0 Å². The number of benzene rings is 2. The van der Waals surface area contributed by atoms with E-state index in [4.69, 9.17) is 0 Å². The molecule has 1 N–H and O–H groups in total. The number of hydrogen-bond donors (Lipinski definition) is 1. The van der Waals surface area contributed by atoms with Gasteiger partial charge in [0.05, 0.1) is 0 Å². The number of hydrogen-bond acceptors (Lipinski definition) is 2. The number of piperidine rings is 1. The van der Waals surface area contributed by atoms with Crippen molar-refractivity contribution in [2.45, 2.75) is 33.1 Å². The summed E-state index contributed by atoms with van der Waals surface area (Å²) in [7, 11) is 0. The number of anilines is 1. The molecule has 2 aromatic rings. The molecule has 3 rings (SSSR count). The number of likely N-dealkylation sites (tertiary alicyclic amines) is 1. The Balaban J connectivity index is 1.58. The predicted molar refractivity (Wildman–Crippen MR) is 104 cm³/mol. The predicted octanol–water partition coefficient (Wildman–Crippen LogP) is 4.05. The molecule has 0 aliphatic carbocycles. The monoisotopic (exact) mass is 350 g/mol. The summed E-state index contributed by atoms with van der Waals surface area (Å²) in [5, 5.41) is 3.07. The van der Waals surface area contributed by atoms with Gasteiger partial charge in [-0.2, -0.15) is 0 Å². The Kier molecular flexibility index (Phi) is 5.71. The summed E-state index contributed by atoms with van der Waals surface area (Å²) < 4.78 is 0. The van der Waals surface area contributed by atoms with Gasteiger partial charge < -0.3 is 10.2 Å². The Morgan fingerprint density at radius 2 is 1.81 bits per heavy atom. The van der Waals surface area contributed by atoms with Gasteiger partial charge in [0.2, 0.25) is 5.91 Å². The number of aryl methyl sites for hydroxylation is 2. The van der Waals surface area contributed by atoms with Crippen LogP contribution in [0.4, 0.5) is 5.69 Å².